The summed E-state index contributed by atoms with van der Waals surface area (Å²) < 4.78 is 5.85. The molecule has 0 aliphatic carbocycles. The number of carbonyl (C=O) groups is 1. The van der Waals surface area contributed by atoms with Gasteiger partial charge in [-0.1, -0.05) is 18.2 Å². The lowest BCUT2D eigenvalue weighted by atomic mass is 9.94. The zero-order valence-electron chi connectivity index (χ0n) is 14.5. The molecular weight excluding hydrogens is 314 g/mol. The summed E-state index contributed by atoms with van der Waals surface area (Å²) >= 11 is 0. The van der Waals surface area contributed by atoms with Gasteiger partial charge in [0.25, 0.3) is 5.91 Å². The van der Waals surface area contributed by atoms with E-state index >= 15 is 0 Å². The molecule has 4 rings (SSSR count). The van der Waals surface area contributed by atoms with E-state index in [1.807, 2.05) is 49.2 Å². The Morgan fingerprint density at radius 1 is 1.24 bits per heavy atom. The molecule has 0 spiro atoms. The number of para-hydroxylation sites is 1. The Kier molecular flexibility index (Phi) is 3.99. The van der Waals surface area contributed by atoms with E-state index < -0.39 is 0 Å². The summed E-state index contributed by atoms with van der Waals surface area (Å²) in [7, 11) is 0. The third-order valence-corrected chi connectivity index (χ3v) is 4.94. The smallest absolute Gasteiger partial charge is 0.289 e. The normalized spacial score (nSPS) is 17.8. The summed E-state index contributed by atoms with van der Waals surface area (Å²) in [6.07, 6.45) is 5.57. The van der Waals surface area contributed by atoms with Gasteiger partial charge >= 0.3 is 0 Å². The maximum absolute atomic E-state index is 13.0. The molecule has 3 aromatic rings. The molecule has 0 bridgehead atoms. The molecule has 5 heteroatoms. The lowest BCUT2D eigenvalue weighted by molar-refractivity contribution is 0.0675. The van der Waals surface area contributed by atoms with Crippen molar-refractivity contribution in [1.29, 1.82) is 0 Å². The van der Waals surface area contributed by atoms with Gasteiger partial charge in [-0.15, -0.1) is 0 Å². The second-order valence-electron chi connectivity index (χ2n) is 6.73. The second-order valence-corrected chi connectivity index (χ2v) is 6.73. The van der Waals surface area contributed by atoms with E-state index in [0.717, 1.165) is 47.3 Å². The average Bonchev–Trinajstić information content (AvgIpc) is 2.98. The summed E-state index contributed by atoms with van der Waals surface area (Å²) in [5.41, 5.74) is 3.56. The van der Waals surface area contributed by atoms with Gasteiger partial charge < -0.3 is 9.32 Å². The number of hydrogen-bond donors (Lipinski definition) is 0. The van der Waals surface area contributed by atoms with Crippen molar-refractivity contribution in [2.45, 2.75) is 32.6 Å². The summed E-state index contributed by atoms with van der Waals surface area (Å²) in [6.45, 7) is 5.31. The van der Waals surface area contributed by atoms with Crippen molar-refractivity contribution in [1.82, 2.24) is 14.9 Å². The Labute approximate surface area is 146 Å². The molecule has 1 unspecified atom stereocenters. The molecule has 128 valence electrons. The number of fused-ring (bicyclic) bond motifs is 1. The number of amides is 1. The van der Waals surface area contributed by atoms with Crippen LogP contribution in [0.2, 0.25) is 0 Å². The van der Waals surface area contributed by atoms with Crippen LogP contribution in [-0.4, -0.2) is 33.9 Å². The first-order chi connectivity index (χ1) is 12.1. The minimum absolute atomic E-state index is 0.0287. The second kappa shape index (κ2) is 6.31. The predicted molar refractivity (Wildman–Crippen MR) is 95.6 cm³/mol. The molecule has 2 aromatic heterocycles. The molecule has 25 heavy (non-hydrogen) atoms. The molecule has 1 fully saturated rings. The van der Waals surface area contributed by atoms with Gasteiger partial charge in [-0.05, 0) is 32.8 Å². The topological polar surface area (TPSA) is 59.2 Å². The SMILES string of the molecule is Cc1cncc(C2CCCN(C(=O)c3oc4ccccc4c3C)C2)n1. The zero-order valence-corrected chi connectivity index (χ0v) is 14.5. The van der Waals surface area contributed by atoms with Crippen molar-refractivity contribution < 1.29 is 9.21 Å². The van der Waals surface area contributed by atoms with E-state index in [2.05, 4.69) is 9.97 Å². The standard InChI is InChI=1S/C20H21N3O2/c1-13-10-21-11-17(22-13)15-6-5-9-23(12-15)20(24)19-14(2)16-7-3-4-8-18(16)25-19/h3-4,7-8,10-11,15H,5-6,9,12H2,1-2H3. The van der Waals surface area contributed by atoms with Crippen LogP contribution in [0.1, 0.15) is 46.3 Å². The van der Waals surface area contributed by atoms with Crippen LogP contribution in [-0.2, 0) is 0 Å². The Hall–Kier alpha value is -2.69. The number of likely N-dealkylation sites (tertiary alicyclic amines) is 1. The molecule has 0 radical (unpaired) electrons. The molecule has 0 saturated carbocycles. The molecule has 1 aliphatic rings. The predicted octanol–water partition coefficient (Wildman–Crippen LogP) is 3.86. The van der Waals surface area contributed by atoms with Crippen LogP contribution < -0.4 is 0 Å². The van der Waals surface area contributed by atoms with Gasteiger partial charge in [0.1, 0.15) is 5.58 Å². The molecular formula is C20H21N3O2. The minimum Gasteiger partial charge on any atom is -0.451 e. The summed E-state index contributed by atoms with van der Waals surface area (Å²) in [6, 6.07) is 7.78. The number of furan rings is 1. The van der Waals surface area contributed by atoms with Gasteiger partial charge in [0.15, 0.2) is 5.76 Å². The largest absolute Gasteiger partial charge is 0.451 e. The lowest BCUT2D eigenvalue weighted by Crippen LogP contribution is -2.39. The first-order valence-corrected chi connectivity index (χ1v) is 8.69. The fourth-order valence-electron chi connectivity index (χ4n) is 3.60. The van der Waals surface area contributed by atoms with Crippen LogP contribution in [0.3, 0.4) is 0 Å². The first kappa shape index (κ1) is 15.8. The average molecular weight is 335 g/mol. The molecule has 5 nitrogen and oxygen atoms in total. The summed E-state index contributed by atoms with van der Waals surface area (Å²) in [5.74, 6) is 0.658. The number of hydrogen-bond acceptors (Lipinski definition) is 4. The number of carbonyl (C=O) groups excluding carboxylic acids is 1. The Morgan fingerprint density at radius 3 is 2.88 bits per heavy atom. The molecule has 3 heterocycles. The van der Waals surface area contributed by atoms with Gasteiger partial charge in [-0.25, -0.2) is 0 Å². The quantitative estimate of drug-likeness (QED) is 0.713. The van der Waals surface area contributed by atoms with E-state index in [9.17, 15) is 4.79 Å². The van der Waals surface area contributed by atoms with Crippen molar-refractivity contribution in [2.24, 2.45) is 0 Å². The Balaban J connectivity index is 1.60. The van der Waals surface area contributed by atoms with Crippen LogP contribution in [0.15, 0.2) is 41.1 Å². The number of piperidine rings is 1. The van der Waals surface area contributed by atoms with E-state index in [1.165, 1.54) is 0 Å². The van der Waals surface area contributed by atoms with Crippen LogP contribution in [0.4, 0.5) is 0 Å². The number of rotatable bonds is 2. The van der Waals surface area contributed by atoms with Gasteiger partial charge in [0, 0.05) is 42.4 Å². The Bertz CT molecular complexity index is 932. The molecule has 1 atom stereocenters. The van der Waals surface area contributed by atoms with Gasteiger partial charge in [-0.2, -0.15) is 0 Å². The third-order valence-electron chi connectivity index (χ3n) is 4.94. The number of aromatic nitrogens is 2. The van der Waals surface area contributed by atoms with Gasteiger partial charge in [0.2, 0.25) is 0 Å². The monoisotopic (exact) mass is 335 g/mol. The number of nitrogens with zero attached hydrogens (tertiary/aromatic N) is 3. The lowest BCUT2D eigenvalue weighted by Gasteiger charge is -2.32. The maximum Gasteiger partial charge on any atom is 0.289 e. The first-order valence-electron chi connectivity index (χ1n) is 8.69. The van der Waals surface area contributed by atoms with E-state index in [0.29, 0.717) is 12.3 Å². The van der Waals surface area contributed by atoms with Gasteiger partial charge in [-0.3, -0.25) is 14.8 Å². The van der Waals surface area contributed by atoms with E-state index in [4.69, 9.17) is 4.42 Å². The molecule has 0 N–H and O–H groups in total. The highest BCUT2D eigenvalue weighted by atomic mass is 16.3. The number of aryl methyl sites for hydroxylation is 2. The zero-order chi connectivity index (χ0) is 17.4. The maximum atomic E-state index is 13.0. The molecule has 1 aliphatic heterocycles. The van der Waals surface area contributed by atoms with Crippen molar-refractivity contribution >= 4 is 16.9 Å². The van der Waals surface area contributed by atoms with Crippen LogP contribution in [0.25, 0.3) is 11.0 Å². The van der Waals surface area contributed by atoms with Crippen LogP contribution >= 0.6 is 0 Å². The van der Waals surface area contributed by atoms with Crippen molar-refractivity contribution in [3.63, 3.8) is 0 Å². The van der Waals surface area contributed by atoms with E-state index in [1.54, 1.807) is 6.20 Å². The van der Waals surface area contributed by atoms with Crippen molar-refractivity contribution in [3.05, 3.63) is 59.4 Å². The summed E-state index contributed by atoms with van der Waals surface area (Å²) in [5, 5.41) is 1.00. The fourth-order valence-corrected chi connectivity index (χ4v) is 3.60. The highest BCUT2D eigenvalue weighted by Gasteiger charge is 2.29. The Morgan fingerprint density at radius 2 is 2.08 bits per heavy atom. The van der Waals surface area contributed by atoms with Gasteiger partial charge in [0.05, 0.1) is 11.4 Å². The van der Waals surface area contributed by atoms with Crippen LogP contribution in [0, 0.1) is 13.8 Å². The molecule has 1 amide bonds. The van der Waals surface area contributed by atoms with E-state index in [-0.39, 0.29) is 11.8 Å². The molecule has 1 aromatic carbocycles. The summed E-state index contributed by atoms with van der Waals surface area (Å²) in [4.78, 5) is 23.8. The van der Waals surface area contributed by atoms with Crippen LogP contribution in [0.5, 0.6) is 0 Å². The number of benzene rings is 1. The van der Waals surface area contributed by atoms with Crippen molar-refractivity contribution in [2.75, 3.05) is 13.1 Å². The highest BCUT2D eigenvalue weighted by molar-refractivity contribution is 5.99. The fraction of sp³-hybridized carbons (Fsp3) is 0.350. The highest BCUT2D eigenvalue weighted by Crippen LogP contribution is 2.30. The van der Waals surface area contributed by atoms with Crippen molar-refractivity contribution in [3.8, 4) is 0 Å². The third kappa shape index (κ3) is 2.90. The minimum atomic E-state index is -0.0287. The molecule has 1 saturated heterocycles.